The number of amides is 1. The van der Waals surface area contributed by atoms with Crippen LogP contribution >= 0.6 is 0 Å². The molecule has 0 saturated carbocycles. The second kappa shape index (κ2) is 8.97. The van der Waals surface area contributed by atoms with Crippen LogP contribution in [0.15, 0.2) is 78.9 Å². The van der Waals surface area contributed by atoms with Gasteiger partial charge in [0.15, 0.2) is 6.10 Å². The highest BCUT2D eigenvalue weighted by Gasteiger charge is 2.26. The summed E-state index contributed by atoms with van der Waals surface area (Å²) >= 11 is 0. The van der Waals surface area contributed by atoms with E-state index in [1.807, 2.05) is 25.1 Å². The summed E-state index contributed by atoms with van der Waals surface area (Å²) in [4.78, 5) is 37.1. The number of ketones is 1. The molecule has 0 radical (unpaired) electrons. The first kappa shape index (κ1) is 20.0. The Labute approximate surface area is 169 Å². The molecule has 0 aliphatic heterocycles. The summed E-state index contributed by atoms with van der Waals surface area (Å²) in [6, 6.07) is 22.4. The van der Waals surface area contributed by atoms with E-state index in [9.17, 15) is 14.4 Å². The zero-order valence-electron chi connectivity index (χ0n) is 16.2. The van der Waals surface area contributed by atoms with Crippen LogP contribution in [0.4, 0.5) is 5.69 Å². The number of hydrogen-bond acceptors (Lipinski definition) is 4. The zero-order valence-corrected chi connectivity index (χ0v) is 16.2. The standard InChI is InChI=1S/C24H21NO4/c1-16-11-13-18(14-12-16)22(27)23(19-7-4-3-5-8-19)29-24(28)20-9-6-10-21(15-20)25-17(2)26/h3-15,23H,1-2H3,(H,25,26)/t23-/m1/s1. The van der Waals surface area contributed by atoms with Gasteiger partial charge < -0.3 is 10.1 Å². The van der Waals surface area contributed by atoms with Crippen molar-refractivity contribution in [2.24, 2.45) is 0 Å². The first-order valence-electron chi connectivity index (χ1n) is 9.18. The van der Waals surface area contributed by atoms with Gasteiger partial charge in [-0.15, -0.1) is 0 Å². The normalized spacial score (nSPS) is 11.4. The van der Waals surface area contributed by atoms with E-state index in [-0.39, 0.29) is 17.3 Å². The monoisotopic (exact) mass is 387 g/mol. The number of ether oxygens (including phenoxy) is 1. The minimum atomic E-state index is -1.07. The van der Waals surface area contributed by atoms with E-state index in [2.05, 4.69) is 5.32 Å². The SMILES string of the molecule is CC(=O)Nc1cccc(C(=O)O[C@@H](C(=O)c2ccc(C)cc2)c2ccccc2)c1. The lowest BCUT2D eigenvalue weighted by molar-refractivity contribution is -0.114. The molecule has 0 aromatic heterocycles. The third-order valence-corrected chi connectivity index (χ3v) is 4.32. The smallest absolute Gasteiger partial charge is 0.339 e. The molecule has 0 aliphatic rings. The molecule has 0 aliphatic carbocycles. The lowest BCUT2D eigenvalue weighted by Gasteiger charge is -2.18. The summed E-state index contributed by atoms with van der Waals surface area (Å²) in [5.41, 5.74) is 2.81. The number of carbonyl (C=O) groups is 3. The molecule has 1 atom stereocenters. The first-order valence-corrected chi connectivity index (χ1v) is 9.18. The van der Waals surface area contributed by atoms with Crippen molar-refractivity contribution in [2.45, 2.75) is 20.0 Å². The van der Waals surface area contributed by atoms with Gasteiger partial charge in [0.25, 0.3) is 0 Å². The van der Waals surface area contributed by atoms with Crippen LogP contribution in [0.1, 0.15) is 44.9 Å². The molecule has 29 heavy (non-hydrogen) atoms. The Bertz CT molecular complexity index is 1030. The molecule has 1 N–H and O–H groups in total. The van der Waals surface area contributed by atoms with Gasteiger partial charge in [-0.2, -0.15) is 0 Å². The van der Waals surface area contributed by atoms with Crippen molar-refractivity contribution >= 4 is 23.3 Å². The summed E-state index contributed by atoms with van der Waals surface area (Å²) in [5, 5.41) is 2.63. The summed E-state index contributed by atoms with van der Waals surface area (Å²) in [6.45, 7) is 3.32. The second-order valence-corrected chi connectivity index (χ2v) is 6.69. The minimum Gasteiger partial charge on any atom is -0.445 e. The summed E-state index contributed by atoms with van der Waals surface area (Å²) in [5.74, 6) is -1.19. The molecular formula is C24H21NO4. The van der Waals surface area contributed by atoms with Crippen molar-refractivity contribution in [1.82, 2.24) is 0 Å². The van der Waals surface area contributed by atoms with Crippen molar-refractivity contribution in [3.05, 3.63) is 101 Å². The highest BCUT2D eigenvalue weighted by Crippen LogP contribution is 2.25. The molecule has 146 valence electrons. The number of anilines is 1. The molecule has 5 heteroatoms. The van der Waals surface area contributed by atoms with Crippen LogP contribution in [-0.2, 0) is 9.53 Å². The van der Waals surface area contributed by atoms with E-state index in [1.54, 1.807) is 54.6 Å². The van der Waals surface area contributed by atoms with Gasteiger partial charge in [-0.05, 0) is 25.1 Å². The summed E-state index contributed by atoms with van der Waals surface area (Å²) in [7, 11) is 0. The van der Waals surface area contributed by atoms with Crippen LogP contribution in [0.5, 0.6) is 0 Å². The predicted molar refractivity (Wildman–Crippen MR) is 111 cm³/mol. The maximum absolute atomic E-state index is 13.1. The summed E-state index contributed by atoms with van der Waals surface area (Å²) in [6.07, 6.45) is -1.07. The topological polar surface area (TPSA) is 72.5 Å². The average molecular weight is 387 g/mol. The molecule has 0 heterocycles. The van der Waals surface area contributed by atoms with E-state index in [0.717, 1.165) is 5.56 Å². The van der Waals surface area contributed by atoms with Gasteiger partial charge >= 0.3 is 5.97 Å². The van der Waals surface area contributed by atoms with Crippen LogP contribution in [-0.4, -0.2) is 17.7 Å². The second-order valence-electron chi connectivity index (χ2n) is 6.69. The Kier molecular flexibility index (Phi) is 6.19. The highest BCUT2D eigenvalue weighted by atomic mass is 16.5. The van der Waals surface area contributed by atoms with Crippen LogP contribution < -0.4 is 5.32 Å². The predicted octanol–water partition coefficient (Wildman–Crippen LogP) is 4.73. The fourth-order valence-electron chi connectivity index (χ4n) is 2.87. The largest absolute Gasteiger partial charge is 0.445 e. The third kappa shape index (κ3) is 5.17. The Morgan fingerprint density at radius 3 is 2.17 bits per heavy atom. The molecular weight excluding hydrogens is 366 g/mol. The molecule has 5 nitrogen and oxygen atoms in total. The first-order chi connectivity index (χ1) is 13.9. The van der Waals surface area contributed by atoms with Crippen LogP contribution in [0.2, 0.25) is 0 Å². The maximum atomic E-state index is 13.1. The fraction of sp³-hybridized carbons (Fsp3) is 0.125. The van der Waals surface area contributed by atoms with Crippen molar-refractivity contribution in [3.8, 4) is 0 Å². The Morgan fingerprint density at radius 2 is 1.52 bits per heavy atom. The quantitative estimate of drug-likeness (QED) is 0.490. The Hall–Kier alpha value is -3.73. The van der Waals surface area contributed by atoms with Crippen LogP contribution in [0.3, 0.4) is 0 Å². The molecule has 0 unspecified atom stereocenters. The Balaban J connectivity index is 1.89. The van der Waals surface area contributed by atoms with Gasteiger partial charge in [-0.3, -0.25) is 9.59 Å². The number of esters is 1. The van der Waals surface area contributed by atoms with Gasteiger partial charge in [0.05, 0.1) is 5.56 Å². The molecule has 0 fully saturated rings. The molecule has 0 bridgehead atoms. The fourth-order valence-corrected chi connectivity index (χ4v) is 2.87. The number of aryl methyl sites for hydroxylation is 1. The van der Waals surface area contributed by atoms with Crippen LogP contribution in [0, 0.1) is 6.92 Å². The van der Waals surface area contributed by atoms with Gasteiger partial charge in [0.2, 0.25) is 11.7 Å². The van der Waals surface area contributed by atoms with E-state index in [1.165, 1.54) is 13.0 Å². The van der Waals surface area contributed by atoms with Gasteiger partial charge in [0, 0.05) is 23.7 Å². The number of benzene rings is 3. The Morgan fingerprint density at radius 1 is 0.828 bits per heavy atom. The molecule has 0 spiro atoms. The van der Waals surface area contributed by atoms with Crippen molar-refractivity contribution < 1.29 is 19.1 Å². The maximum Gasteiger partial charge on any atom is 0.339 e. The number of carbonyl (C=O) groups excluding carboxylic acids is 3. The number of nitrogens with one attached hydrogen (secondary N) is 1. The molecule has 1 amide bonds. The number of Topliss-reactive ketones (excluding diaryl/α,β-unsaturated/α-hetero) is 1. The van der Waals surface area contributed by atoms with Gasteiger partial charge in [-0.25, -0.2) is 4.79 Å². The van der Waals surface area contributed by atoms with Crippen molar-refractivity contribution in [1.29, 1.82) is 0 Å². The molecule has 3 rings (SSSR count). The van der Waals surface area contributed by atoms with Gasteiger partial charge in [-0.1, -0.05) is 66.2 Å². The number of rotatable bonds is 6. The van der Waals surface area contributed by atoms with Gasteiger partial charge in [0.1, 0.15) is 0 Å². The zero-order chi connectivity index (χ0) is 20.8. The van der Waals surface area contributed by atoms with Crippen molar-refractivity contribution in [2.75, 3.05) is 5.32 Å². The van der Waals surface area contributed by atoms with E-state index in [0.29, 0.717) is 16.8 Å². The summed E-state index contributed by atoms with van der Waals surface area (Å²) < 4.78 is 5.63. The van der Waals surface area contributed by atoms with E-state index < -0.39 is 12.1 Å². The minimum absolute atomic E-state index is 0.243. The van der Waals surface area contributed by atoms with Crippen LogP contribution in [0.25, 0.3) is 0 Å². The van der Waals surface area contributed by atoms with E-state index >= 15 is 0 Å². The average Bonchev–Trinajstić information content (AvgIpc) is 2.72. The lowest BCUT2D eigenvalue weighted by Crippen LogP contribution is -2.20. The highest BCUT2D eigenvalue weighted by molar-refractivity contribution is 6.02. The van der Waals surface area contributed by atoms with Crippen molar-refractivity contribution in [3.63, 3.8) is 0 Å². The third-order valence-electron chi connectivity index (χ3n) is 4.32. The molecule has 0 saturated heterocycles. The number of hydrogen-bond donors (Lipinski definition) is 1. The lowest BCUT2D eigenvalue weighted by atomic mass is 9.99. The molecule has 3 aromatic rings. The van der Waals surface area contributed by atoms with E-state index in [4.69, 9.17) is 4.74 Å². The molecule has 3 aromatic carbocycles.